The molecule has 1 fully saturated rings. The van der Waals surface area contributed by atoms with E-state index in [0.29, 0.717) is 6.01 Å². The van der Waals surface area contributed by atoms with Gasteiger partial charge in [0, 0.05) is 38.2 Å². The number of piperidine rings is 1. The van der Waals surface area contributed by atoms with Gasteiger partial charge in [0.1, 0.15) is 17.2 Å². The van der Waals surface area contributed by atoms with Crippen molar-refractivity contribution in [1.29, 1.82) is 0 Å². The molecule has 7 nitrogen and oxygen atoms in total. The van der Waals surface area contributed by atoms with E-state index < -0.39 is 0 Å². The highest BCUT2D eigenvalue weighted by atomic mass is 16.5. The molecule has 7 heteroatoms. The Morgan fingerprint density at radius 3 is 2.60 bits per heavy atom. The van der Waals surface area contributed by atoms with Gasteiger partial charge < -0.3 is 9.47 Å². The molecule has 1 aromatic carbocycles. The third-order valence-electron chi connectivity index (χ3n) is 5.91. The molecule has 2 aliphatic rings. The minimum atomic E-state index is -0.245. The fourth-order valence-corrected chi connectivity index (χ4v) is 4.32. The summed E-state index contributed by atoms with van der Waals surface area (Å²) < 4.78 is 12.0. The highest BCUT2D eigenvalue weighted by Gasteiger charge is 2.42. The highest BCUT2D eigenvalue weighted by molar-refractivity contribution is 5.30. The van der Waals surface area contributed by atoms with Gasteiger partial charge in [0.25, 0.3) is 0 Å². The lowest BCUT2D eigenvalue weighted by Gasteiger charge is -2.44. The van der Waals surface area contributed by atoms with Crippen LogP contribution in [0.15, 0.2) is 48.9 Å². The molecule has 2 aliphatic heterocycles. The SMILES string of the molecule is Cc1ncc2c(n1)C1(CCN(Cc3ccc(Oc4ncccn4)cc3)CC1)OCC2. The Bertz CT molecular complexity index is 1000. The van der Waals surface area contributed by atoms with E-state index in [1.165, 1.54) is 11.1 Å². The van der Waals surface area contributed by atoms with Crippen molar-refractivity contribution in [3.05, 3.63) is 71.6 Å². The third kappa shape index (κ3) is 3.91. The molecule has 4 heterocycles. The van der Waals surface area contributed by atoms with Crippen LogP contribution in [0.3, 0.4) is 0 Å². The number of fused-ring (bicyclic) bond motifs is 2. The van der Waals surface area contributed by atoms with E-state index >= 15 is 0 Å². The van der Waals surface area contributed by atoms with Gasteiger partial charge in [-0.05, 0) is 55.5 Å². The summed E-state index contributed by atoms with van der Waals surface area (Å²) in [5.74, 6) is 1.56. The molecular formula is C23H25N5O2. The molecule has 0 N–H and O–H groups in total. The fraction of sp³-hybridized carbons (Fsp3) is 0.391. The Kier molecular flexibility index (Phi) is 5.14. The minimum Gasteiger partial charge on any atom is -0.424 e. The molecular weight excluding hydrogens is 378 g/mol. The second kappa shape index (κ2) is 8.08. The van der Waals surface area contributed by atoms with E-state index in [2.05, 4.69) is 32.0 Å². The molecule has 3 aromatic rings. The number of ether oxygens (including phenoxy) is 2. The van der Waals surface area contributed by atoms with Crippen LogP contribution < -0.4 is 4.74 Å². The van der Waals surface area contributed by atoms with Gasteiger partial charge in [-0.1, -0.05) is 12.1 Å². The van der Waals surface area contributed by atoms with Crippen LogP contribution in [-0.4, -0.2) is 44.5 Å². The summed E-state index contributed by atoms with van der Waals surface area (Å²) >= 11 is 0. The van der Waals surface area contributed by atoms with E-state index in [0.717, 1.165) is 62.8 Å². The monoisotopic (exact) mass is 403 g/mol. The second-order valence-electron chi connectivity index (χ2n) is 7.94. The Morgan fingerprint density at radius 1 is 1.07 bits per heavy atom. The summed E-state index contributed by atoms with van der Waals surface area (Å²) in [5.41, 5.74) is 3.38. The number of likely N-dealkylation sites (tertiary alicyclic amines) is 1. The first kappa shape index (κ1) is 19.1. The van der Waals surface area contributed by atoms with E-state index in [4.69, 9.17) is 14.5 Å². The highest BCUT2D eigenvalue weighted by Crippen LogP contribution is 2.40. The first-order valence-electron chi connectivity index (χ1n) is 10.4. The fourth-order valence-electron chi connectivity index (χ4n) is 4.32. The molecule has 1 saturated heterocycles. The van der Waals surface area contributed by atoms with Crippen LogP contribution in [0.4, 0.5) is 0 Å². The van der Waals surface area contributed by atoms with Gasteiger partial charge in [-0.3, -0.25) is 4.90 Å². The Hall–Kier alpha value is -2.90. The van der Waals surface area contributed by atoms with Gasteiger partial charge in [0.15, 0.2) is 0 Å². The smallest absolute Gasteiger partial charge is 0.321 e. The summed E-state index contributed by atoms with van der Waals surface area (Å²) in [6.07, 6.45) is 8.15. The maximum absolute atomic E-state index is 6.31. The molecule has 1 spiro atoms. The topological polar surface area (TPSA) is 73.3 Å². The first-order valence-corrected chi connectivity index (χ1v) is 10.4. The van der Waals surface area contributed by atoms with Gasteiger partial charge in [0.05, 0.1) is 12.3 Å². The van der Waals surface area contributed by atoms with Crippen molar-refractivity contribution >= 4 is 0 Å². The maximum atomic E-state index is 6.31. The summed E-state index contributed by atoms with van der Waals surface area (Å²) in [6, 6.07) is 10.3. The zero-order valence-corrected chi connectivity index (χ0v) is 17.1. The third-order valence-corrected chi connectivity index (χ3v) is 5.91. The molecule has 154 valence electrons. The average molecular weight is 403 g/mol. The molecule has 2 aromatic heterocycles. The number of hydrogen-bond acceptors (Lipinski definition) is 7. The largest absolute Gasteiger partial charge is 0.424 e. The predicted octanol–water partition coefficient (Wildman–Crippen LogP) is 3.43. The van der Waals surface area contributed by atoms with E-state index in [-0.39, 0.29) is 5.60 Å². The van der Waals surface area contributed by atoms with E-state index in [1.807, 2.05) is 25.3 Å². The number of hydrogen-bond donors (Lipinski definition) is 0. The van der Waals surface area contributed by atoms with Crippen LogP contribution in [0.25, 0.3) is 0 Å². The van der Waals surface area contributed by atoms with E-state index in [9.17, 15) is 0 Å². The molecule has 0 radical (unpaired) electrons. The van der Waals surface area contributed by atoms with Gasteiger partial charge in [-0.2, -0.15) is 0 Å². The van der Waals surface area contributed by atoms with Crippen molar-refractivity contribution in [1.82, 2.24) is 24.8 Å². The van der Waals surface area contributed by atoms with E-state index in [1.54, 1.807) is 18.5 Å². The zero-order valence-electron chi connectivity index (χ0n) is 17.1. The van der Waals surface area contributed by atoms with Gasteiger partial charge >= 0.3 is 6.01 Å². The quantitative estimate of drug-likeness (QED) is 0.661. The number of nitrogens with zero attached hydrogens (tertiary/aromatic N) is 5. The minimum absolute atomic E-state index is 0.245. The van der Waals surface area contributed by atoms with Crippen LogP contribution in [0.5, 0.6) is 11.8 Å². The van der Waals surface area contributed by atoms with Crippen molar-refractivity contribution in [2.75, 3.05) is 19.7 Å². The van der Waals surface area contributed by atoms with Crippen molar-refractivity contribution in [3.63, 3.8) is 0 Å². The Labute approximate surface area is 176 Å². The number of benzene rings is 1. The first-order chi connectivity index (χ1) is 14.7. The molecule has 0 atom stereocenters. The zero-order chi connectivity index (χ0) is 20.4. The normalized spacial score (nSPS) is 18.2. The van der Waals surface area contributed by atoms with Gasteiger partial charge in [-0.25, -0.2) is 19.9 Å². The Morgan fingerprint density at radius 2 is 1.83 bits per heavy atom. The number of rotatable bonds is 4. The number of aromatic nitrogens is 4. The molecule has 0 bridgehead atoms. The Balaban J connectivity index is 1.22. The van der Waals surface area contributed by atoms with Crippen LogP contribution in [0.2, 0.25) is 0 Å². The van der Waals surface area contributed by atoms with Gasteiger partial charge in [0.2, 0.25) is 0 Å². The molecule has 0 amide bonds. The molecule has 0 unspecified atom stereocenters. The van der Waals surface area contributed by atoms with Crippen LogP contribution >= 0.6 is 0 Å². The van der Waals surface area contributed by atoms with Crippen molar-refractivity contribution in [3.8, 4) is 11.8 Å². The lowest BCUT2D eigenvalue weighted by molar-refractivity contribution is -0.102. The molecule has 5 rings (SSSR count). The molecule has 0 aliphatic carbocycles. The molecule has 30 heavy (non-hydrogen) atoms. The molecule has 0 saturated carbocycles. The second-order valence-corrected chi connectivity index (χ2v) is 7.94. The van der Waals surface area contributed by atoms with Crippen molar-refractivity contribution in [2.45, 2.75) is 38.3 Å². The average Bonchev–Trinajstić information content (AvgIpc) is 2.78. The summed E-state index contributed by atoms with van der Waals surface area (Å²) in [5, 5.41) is 0. The summed E-state index contributed by atoms with van der Waals surface area (Å²) in [7, 11) is 0. The lowest BCUT2D eigenvalue weighted by atomic mass is 9.83. The van der Waals surface area contributed by atoms with Crippen LogP contribution in [-0.2, 0) is 23.3 Å². The standard InChI is InChI=1S/C23H25N5O2/c1-17-26-15-19-7-14-29-23(21(19)27-17)8-12-28(13-9-23)16-18-3-5-20(6-4-18)30-22-24-10-2-11-25-22/h2-6,10-11,15H,7-9,12-14,16H2,1H3. The van der Waals surface area contributed by atoms with Crippen molar-refractivity contribution in [2.24, 2.45) is 0 Å². The lowest BCUT2D eigenvalue weighted by Crippen LogP contribution is -2.47. The number of aryl methyl sites for hydroxylation is 1. The summed E-state index contributed by atoms with van der Waals surface area (Å²) in [4.78, 5) is 19.8. The summed E-state index contributed by atoms with van der Waals surface area (Å²) in [6.45, 7) is 5.59. The van der Waals surface area contributed by atoms with Gasteiger partial charge in [-0.15, -0.1) is 0 Å². The van der Waals surface area contributed by atoms with Crippen LogP contribution in [0.1, 0.15) is 35.5 Å². The predicted molar refractivity (Wildman–Crippen MR) is 111 cm³/mol. The maximum Gasteiger partial charge on any atom is 0.321 e. The van der Waals surface area contributed by atoms with Crippen molar-refractivity contribution < 1.29 is 9.47 Å². The van der Waals surface area contributed by atoms with Crippen LogP contribution in [0, 0.1) is 6.92 Å².